The lowest BCUT2D eigenvalue weighted by atomic mass is 11.3. The van der Waals surface area contributed by atoms with Crippen LogP contribution in [0.15, 0.2) is 13.2 Å². The lowest BCUT2D eigenvalue weighted by molar-refractivity contribution is -0.00100. The first-order valence-electron chi connectivity index (χ1n) is 0.500. The van der Waals surface area contributed by atoms with Gasteiger partial charge in [-0.1, -0.05) is 0 Å². The lowest BCUT2D eigenvalue weighted by Crippen LogP contribution is -3.00. The maximum absolute atomic E-state index is 3.00. The van der Waals surface area contributed by atoms with E-state index in [1.54, 1.807) is 0 Å². The highest BCUT2D eigenvalue weighted by atomic mass is 35.5. The molecule has 0 aromatic rings. The van der Waals surface area contributed by atoms with Crippen LogP contribution in [0.5, 0.6) is 0 Å². The van der Waals surface area contributed by atoms with Crippen molar-refractivity contribution in [3.63, 3.8) is 0 Å². The van der Waals surface area contributed by atoms with Gasteiger partial charge in [0.15, 0.2) is 0 Å². The predicted octanol–water partition coefficient (Wildman–Crippen LogP) is -5.19. The summed E-state index contributed by atoms with van der Waals surface area (Å²) in [5.74, 6) is 0. The molecule has 0 bridgehead atoms. The molecule has 0 aliphatic heterocycles. The number of hydrogen-bond donors (Lipinski definition) is 0. The SMILES string of the molecule is C=C.[Cl-].[F-]. The molecular formula is C2H4ClF-2. The van der Waals surface area contributed by atoms with Crippen molar-refractivity contribution in [2.24, 2.45) is 0 Å². The highest BCUT2D eigenvalue weighted by Gasteiger charge is 0.601. The largest absolute Gasteiger partial charge is 1.00 e. The Hall–Kier alpha value is -0.0400. The third-order valence-corrected chi connectivity index (χ3v) is 0. The molecule has 0 radical (unpaired) electrons. The fraction of sp³-hybridized carbons (Fsp3) is 0. The van der Waals surface area contributed by atoms with Gasteiger partial charge in [-0.2, -0.15) is 0 Å². The van der Waals surface area contributed by atoms with Crippen molar-refractivity contribution in [2.75, 3.05) is 0 Å². The molecule has 0 amide bonds. The summed E-state index contributed by atoms with van der Waals surface area (Å²) in [6.07, 6.45) is 0. The van der Waals surface area contributed by atoms with Crippen LogP contribution in [0, 0.1) is 0 Å². The van der Waals surface area contributed by atoms with Crippen molar-refractivity contribution >= 4 is 0 Å². The van der Waals surface area contributed by atoms with Gasteiger partial charge >= 0.3 is 0 Å². The van der Waals surface area contributed by atoms with E-state index in [1.807, 2.05) is 0 Å². The molecule has 0 nitrogen and oxygen atoms in total. The Bertz CT molecular complexity index is 6.00. The first kappa shape index (κ1) is 37.6. The molecule has 0 aromatic heterocycles. The Labute approximate surface area is 31.3 Å². The van der Waals surface area contributed by atoms with Crippen molar-refractivity contribution in [1.29, 1.82) is 0 Å². The molecule has 0 unspecified atom stereocenters. The molecule has 0 aromatic carbocycles. The fourth-order valence-electron chi connectivity index (χ4n) is 0. The van der Waals surface area contributed by atoms with Gasteiger partial charge in [0.25, 0.3) is 0 Å². The molecule has 0 heterocycles. The Morgan fingerprint density at radius 1 is 1.00 bits per heavy atom. The zero-order chi connectivity index (χ0) is 2.00. The van der Waals surface area contributed by atoms with Crippen molar-refractivity contribution in [1.82, 2.24) is 0 Å². The van der Waals surface area contributed by atoms with E-state index in [9.17, 15) is 0 Å². The normalized spacial score (nSPS) is 1.00. The summed E-state index contributed by atoms with van der Waals surface area (Å²) >= 11 is 0. The molecule has 0 aliphatic rings. The Balaban J connectivity index is -0.00000000500. The van der Waals surface area contributed by atoms with Gasteiger partial charge in [-0.3, -0.25) is 0 Å². The molecule has 0 spiro atoms. The minimum atomic E-state index is 0. The first-order chi connectivity index (χ1) is 1.00. The Kier molecular flexibility index (Phi) is 66900. The molecule has 2 heteroatoms. The van der Waals surface area contributed by atoms with Crippen LogP contribution in [0.3, 0.4) is 0 Å². The van der Waals surface area contributed by atoms with Crippen molar-refractivity contribution in [2.45, 2.75) is 0 Å². The smallest absolute Gasteiger partial charge is 0.106 e. The van der Waals surface area contributed by atoms with Crippen LogP contribution in [0.1, 0.15) is 0 Å². The zero-order valence-electron chi connectivity index (χ0n) is 2.17. The summed E-state index contributed by atoms with van der Waals surface area (Å²) < 4.78 is 0. The summed E-state index contributed by atoms with van der Waals surface area (Å²) in [4.78, 5) is 0. The van der Waals surface area contributed by atoms with E-state index in [2.05, 4.69) is 13.2 Å². The van der Waals surface area contributed by atoms with Gasteiger partial charge in [0.2, 0.25) is 0 Å². The summed E-state index contributed by atoms with van der Waals surface area (Å²) in [5.41, 5.74) is 0. The van der Waals surface area contributed by atoms with Crippen LogP contribution >= 0.6 is 0 Å². The van der Waals surface area contributed by atoms with E-state index in [1.165, 1.54) is 0 Å². The topological polar surface area (TPSA) is 0 Å². The zero-order valence-corrected chi connectivity index (χ0v) is 2.93. The quantitative estimate of drug-likeness (QED) is 0.256. The third-order valence-electron chi connectivity index (χ3n) is 0. The minimum Gasteiger partial charge on any atom is -1.00 e. The van der Waals surface area contributed by atoms with E-state index in [0.717, 1.165) is 0 Å². The van der Waals surface area contributed by atoms with Crippen LogP contribution in [-0.4, -0.2) is 0 Å². The van der Waals surface area contributed by atoms with E-state index in [-0.39, 0.29) is 17.1 Å². The molecular weight excluding hydrogens is 78.5 g/mol. The molecule has 0 saturated heterocycles. The van der Waals surface area contributed by atoms with Gasteiger partial charge in [-0.25, -0.2) is 0 Å². The predicted molar refractivity (Wildman–Crippen MR) is 11.3 cm³/mol. The summed E-state index contributed by atoms with van der Waals surface area (Å²) in [5, 5.41) is 0. The highest BCUT2D eigenvalue weighted by Crippen LogP contribution is 0.862. The molecule has 0 rings (SSSR count). The van der Waals surface area contributed by atoms with Crippen molar-refractivity contribution < 1.29 is 17.1 Å². The van der Waals surface area contributed by atoms with Gasteiger partial charge in [0, 0.05) is 0 Å². The van der Waals surface area contributed by atoms with Crippen LogP contribution in [-0.2, 0) is 0 Å². The molecule has 0 fully saturated rings. The number of rotatable bonds is 0. The minimum absolute atomic E-state index is 0. The summed E-state index contributed by atoms with van der Waals surface area (Å²) in [6, 6.07) is 0. The maximum atomic E-state index is 3.00. The lowest BCUT2D eigenvalue weighted by Gasteiger charge is -1.00. The monoisotopic (exact) mass is 82.0 g/mol. The third kappa shape index (κ3) is 1130. The number of hydrogen-bond acceptors (Lipinski definition) is 0. The van der Waals surface area contributed by atoms with Crippen LogP contribution < -0.4 is 17.1 Å². The highest BCUT2D eigenvalue weighted by molar-refractivity contribution is 4.22. The molecule has 0 atom stereocenters. The Morgan fingerprint density at radius 3 is 1.00 bits per heavy atom. The van der Waals surface area contributed by atoms with E-state index < -0.39 is 0 Å². The average Bonchev–Trinajstić information content (AvgIpc) is 1.00. The van der Waals surface area contributed by atoms with Gasteiger partial charge in [-0.05, 0) is 0 Å². The van der Waals surface area contributed by atoms with Gasteiger partial charge in [0.05, 0.1) is 0 Å². The Morgan fingerprint density at radius 2 is 1.00 bits per heavy atom. The average molecular weight is 82.5 g/mol. The van der Waals surface area contributed by atoms with E-state index in [4.69, 9.17) is 0 Å². The molecule has 0 aliphatic carbocycles. The second-order valence-corrected chi connectivity index (χ2v) is 0. The van der Waals surface area contributed by atoms with Crippen LogP contribution in [0.25, 0.3) is 0 Å². The second kappa shape index (κ2) is 7110. The van der Waals surface area contributed by atoms with Gasteiger partial charge < -0.3 is 17.1 Å². The first-order valence-corrected chi connectivity index (χ1v) is 0.500. The molecule has 4 heavy (non-hydrogen) atoms. The summed E-state index contributed by atoms with van der Waals surface area (Å²) in [6.45, 7) is 6.00. The van der Waals surface area contributed by atoms with Crippen LogP contribution in [0.4, 0.5) is 0 Å². The fourth-order valence-corrected chi connectivity index (χ4v) is 0. The van der Waals surface area contributed by atoms with Gasteiger partial charge in [0.1, 0.15) is 0 Å². The van der Waals surface area contributed by atoms with Gasteiger partial charge in [-0.15, -0.1) is 13.2 Å². The molecule has 0 saturated carbocycles. The summed E-state index contributed by atoms with van der Waals surface area (Å²) in [7, 11) is 0. The molecule has 0 N–H and O–H groups in total. The van der Waals surface area contributed by atoms with Crippen LogP contribution in [0.2, 0.25) is 0 Å². The molecule has 28 valence electrons. The van der Waals surface area contributed by atoms with E-state index in [0.29, 0.717) is 0 Å². The van der Waals surface area contributed by atoms with E-state index >= 15 is 0 Å². The van der Waals surface area contributed by atoms with Crippen molar-refractivity contribution in [3.05, 3.63) is 13.2 Å². The maximum Gasteiger partial charge on any atom is -0.106 e. The standard InChI is InChI=1S/C2H4.ClH.FH/c1-2;;/h1-2H2;2*1H/p-2. The number of halogens is 2. The second-order valence-electron chi connectivity index (χ2n) is 0. The van der Waals surface area contributed by atoms with Crippen molar-refractivity contribution in [3.8, 4) is 0 Å².